The second-order valence-electron chi connectivity index (χ2n) is 8.53. The number of morpholine rings is 1. The van der Waals surface area contributed by atoms with E-state index in [4.69, 9.17) is 4.74 Å². The SMILES string of the molecule is C[C@@H](C(=O)Nc1ccc(N2CCOCC2)cc1)[NH+]1CC[NH+](Cc2ccccc2F)CC1. The molecule has 2 fully saturated rings. The van der Waals surface area contributed by atoms with E-state index in [9.17, 15) is 9.18 Å². The number of rotatable bonds is 6. The Hall–Kier alpha value is -2.48. The number of anilines is 2. The normalized spacial score (nSPS) is 22.7. The van der Waals surface area contributed by atoms with Gasteiger partial charge in [0, 0.05) is 30.0 Å². The molecule has 0 aliphatic carbocycles. The van der Waals surface area contributed by atoms with E-state index in [-0.39, 0.29) is 17.8 Å². The monoisotopic (exact) mass is 428 g/mol. The van der Waals surface area contributed by atoms with Crippen LogP contribution in [0, 0.1) is 5.82 Å². The molecule has 1 amide bonds. The molecule has 1 atom stereocenters. The number of nitrogens with one attached hydrogen (secondary N) is 3. The molecule has 6 nitrogen and oxygen atoms in total. The molecule has 2 saturated heterocycles. The summed E-state index contributed by atoms with van der Waals surface area (Å²) < 4.78 is 19.3. The van der Waals surface area contributed by atoms with E-state index in [0.717, 1.165) is 69.4 Å². The Bertz CT molecular complexity index is 862. The number of carbonyl (C=O) groups excluding carboxylic acids is 1. The zero-order chi connectivity index (χ0) is 21.6. The minimum atomic E-state index is -0.128. The maximum absolute atomic E-state index is 13.9. The van der Waals surface area contributed by atoms with Gasteiger partial charge in [-0.3, -0.25) is 4.79 Å². The fourth-order valence-electron chi connectivity index (χ4n) is 4.46. The summed E-state index contributed by atoms with van der Waals surface area (Å²) in [5, 5.41) is 3.07. The van der Waals surface area contributed by atoms with Gasteiger partial charge in [-0.2, -0.15) is 0 Å². The van der Waals surface area contributed by atoms with Crippen molar-refractivity contribution in [2.75, 3.05) is 62.7 Å². The second kappa shape index (κ2) is 10.2. The van der Waals surface area contributed by atoms with Crippen molar-refractivity contribution in [1.29, 1.82) is 0 Å². The van der Waals surface area contributed by atoms with E-state index >= 15 is 0 Å². The van der Waals surface area contributed by atoms with Gasteiger partial charge in [0.05, 0.1) is 13.2 Å². The third-order valence-corrected chi connectivity index (χ3v) is 6.51. The Morgan fingerprint density at radius 1 is 1.06 bits per heavy atom. The van der Waals surface area contributed by atoms with Gasteiger partial charge in [0.15, 0.2) is 6.04 Å². The molecule has 31 heavy (non-hydrogen) atoms. The summed E-state index contributed by atoms with van der Waals surface area (Å²) in [4.78, 5) is 17.8. The van der Waals surface area contributed by atoms with E-state index in [1.807, 2.05) is 31.2 Å². The van der Waals surface area contributed by atoms with Crippen molar-refractivity contribution in [3.05, 3.63) is 59.9 Å². The van der Waals surface area contributed by atoms with Crippen molar-refractivity contribution in [2.24, 2.45) is 0 Å². The number of nitrogens with zero attached hydrogens (tertiary/aromatic N) is 1. The fourth-order valence-corrected chi connectivity index (χ4v) is 4.46. The number of benzene rings is 2. The van der Waals surface area contributed by atoms with Gasteiger partial charge in [-0.15, -0.1) is 0 Å². The molecule has 0 radical (unpaired) electrons. The van der Waals surface area contributed by atoms with Crippen molar-refractivity contribution >= 4 is 17.3 Å². The van der Waals surface area contributed by atoms with Crippen molar-refractivity contribution in [2.45, 2.75) is 19.5 Å². The van der Waals surface area contributed by atoms with Crippen LogP contribution in [-0.4, -0.2) is 64.4 Å². The predicted molar refractivity (Wildman–Crippen MR) is 119 cm³/mol. The average Bonchev–Trinajstić information content (AvgIpc) is 2.81. The van der Waals surface area contributed by atoms with E-state index in [2.05, 4.69) is 22.3 Å². The standard InChI is InChI=1S/C24H31FN4O2/c1-19(28-12-10-27(11-13-28)18-20-4-2-3-5-23(20)25)24(30)26-21-6-8-22(9-7-21)29-14-16-31-17-15-29/h2-9,19H,10-18H2,1H3,(H,26,30)/p+2/t19-/m0/s1. The van der Waals surface area contributed by atoms with E-state index in [1.165, 1.54) is 15.9 Å². The summed E-state index contributed by atoms with van der Waals surface area (Å²) in [6, 6.07) is 15.0. The number of halogens is 1. The largest absolute Gasteiger partial charge is 0.378 e. The molecule has 3 N–H and O–H groups in total. The summed E-state index contributed by atoms with van der Waals surface area (Å²) in [7, 11) is 0. The molecule has 166 valence electrons. The Kier molecular flexibility index (Phi) is 7.17. The molecule has 0 spiro atoms. The quantitative estimate of drug-likeness (QED) is 0.606. The van der Waals surface area contributed by atoms with Crippen molar-refractivity contribution in [1.82, 2.24) is 0 Å². The Balaban J connectivity index is 1.25. The highest BCUT2D eigenvalue weighted by Gasteiger charge is 2.31. The summed E-state index contributed by atoms with van der Waals surface area (Å²) in [6.45, 7) is 9.72. The molecule has 2 aromatic rings. The first-order chi connectivity index (χ1) is 15.1. The molecule has 0 saturated carbocycles. The number of hydrogen-bond donors (Lipinski definition) is 3. The lowest BCUT2D eigenvalue weighted by molar-refractivity contribution is -1.02. The van der Waals surface area contributed by atoms with Crippen molar-refractivity contribution in [3.63, 3.8) is 0 Å². The molecule has 2 heterocycles. The highest BCUT2D eigenvalue weighted by atomic mass is 19.1. The van der Waals surface area contributed by atoms with Gasteiger partial charge in [-0.1, -0.05) is 18.2 Å². The van der Waals surface area contributed by atoms with Crippen LogP contribution < -0.4 is 20.0 Å². The second-order valence-corrected chi connectivity index (χ2v) is 8.53. The summed E-state index contributed by atoms with van der Waals surface area (Å²) in [6.07, 6.45) is 0. The topological polar surface area (TPSA) is 50.5 Å². The van der Waals surface area contributed by atoms with Crippen molar-refractivity contribution in [3.8, 4) is 0 Å². The summed E-state index contributed by atoms with van der Waals surface area (Å²) >= 11 is 0. The minimum absolute atomic E-state index is 0.0478. The molecule has 0 bridgehead atoms. The molecule has 0 unspecified atom stereocenters. The highest BCUT2D eigenvalue weighted by molar-refractivity contribution is 5.93. The van der Waals surface area contributed by atoms with Gasteiger partial charge in [0.1, 0.15) is 38.5 Å². The number of quaternary nitrogens is 2. The zero-order valence-corrected chi connectivity index (χ0v) is 18.2. The van der Waals surface area contributed by atoms with Crippen LogP contribution in [0.1, 0.15) is 12.5 Å². The molecule has 2 aliphatic heterocycles. The van der Waals surface area contributed by atoms with Crippen LogP contribution in [0.25, 0.3) is 0 Å². The lowest BCUT2D eigenvalue weighted by atomic mass is 10.1. The zero-order valence-electron chi connectivity index (χ0n) is 18.2. The number of carbonyl (C=O) groups is 1. The van der Waals surface area contributed by atoms with Crippen LogP contribution >= 0.6 is 0 Å². The van der Waals surface area contributed by atoms with Crippen LogP contribution in [0.15, 0.2) is 48.5 Å². The molecule has 2 aromatic carbocycles. The van der Waals surface area contributed by atoms with E-state index in [0.29, 0.717) is 6.54 Å². The van der Waals surface area contributed by atoms with Gasteiger partial charge in [0.2, 0.25) is 0 Å². The van der Waals surface area contributed by atoms with Gasteiger partial charge in [-0.25, -0.2) is 4.39 Å². The lowest BCUT2D eigenvalue weighted by Gasteiger charge is -2.32. The Morgan fingerprint density at radius 3 is 2.42 bits per heavy atom. The van der Waals surface area contributed by atoms with Gasteiger partial charge in [-0.05, 0) is 37.3 Å². The third kappa shape index (κ3) is 5.61. The first kappa shape index (κ1) is 21.7. The third-order valence-electron chi connectivity index (χ3n) is 6.51. The van der Waals surface area contributed by atoms with Gasteiger partial charge in [0.25, 0.3) is 5.91 Å². The number of amides is 1. The molecule has 4 rings (SSSR count). The maximum atomic E-state index is 13.9. The Labute approximate surface area is 183 Å². The maximum Gasteiger partial charge on any atom is 0.282 e. The Morgan fingerprint density at radius 2 is 1.74 bits per heavy atom. The molecular formula is C24H33FN4O2+2. The first-order valence-electron chi connectivity index (χ1n) is 11.3. The number of piperazine rings is 1. The van der Waals surface area contributed by atoms with Gasteiger partial charge < -0.3 is 24.8 Å². The molecule has 0 aromatic heterocycles. The molecule has 2 aliphatic rings. The van der Waals surface area contributed by atoms with Crippen LogP contribution in [-0.2, 0) is 16.1 Å². The van der Waals surface area contributed by atoms with Crippen LogP contribution in [0.2, 0.25) is 0 Å². The number of ether oxygens (including phenoxy) is 1. The first-order valence-corrected chi connectivity index (χ1v) is 11.3. The lowest BCUT2D eigenvalue weighted by Crippen LogP contribution is -3.29. The van der Waals surface area contributed by atoms with Crippen LogP contribution in [0.3, 0.4) is 0 Å². The fraction of sp³-hybridized carbons (Fsp3) is 0.458. The average molecular weight is 429 g/mol. The summed E-state index contributed by atoms with van der Waals surface area (Å²) in [5.74, 6) is -0.0798. The number of hydrogen-bond acceptors (Lipinski definition) is 3. The summed E-state index contributed by atoms with van der Waals surface area (Å²) in [5.41, 5.74) is 2.76. The highest BCUT2D eigenvalue weighted by Crippen LogP contribution is 2.19. The van der Waals surface area contributed by atoms with Crippen LogP contribution in [0.5, 0.6) is 0 Å². The molecular weight excluding hydrogens is 395 g/mol. The molecule has 7 heteroatoms. The van der Waals surface area contributed by atoms with Crippen molar-refractivity contribution < 1.29 is 23.7 Å². The minimum Gasteiger partial charge on any atom is -0.378 e. The van der Waals surface area contributed by atoms with Crippen LogP contribution in [0.4, 0.5) is 15.8 Å². The smallest absolute Gasteiger partial charge is 0.282 e. The predicted octanol–water partition coefficient (Wildman–Crippen LogP) is -0.0271. The van der Waals surface area contributed by atoms with Gasteiger partial charge >= 0.3 is 0 Å². The van der Waals surface area contributed by atoms with E-state index in [1.54, 1.807) is 6.07 Å². The van der Waals surface area contributed by atoms with E-state index < -0.39 is 0 Å².